The van der Waals surface area contributed by atoms with E-state index >= 15 is 0 Å². The summed E-state index contributed by atoms with van der Waals surface area (Å²) in [5, 5.41) is 0. The first-order valence-corrected chi connectivity index (χ1v) is 7.06. The highest BCUT2D eigenvalue weighted by Crippen LogP contribution is 2.44. The largest absolute Gasteiger partial charge is 0.469 e. The normalized spacial score (nSPS) is 24.3. The third kappa shape index (κ3) is 3.12. The Labute approximate surface area is 110 Å². The molecule has 0 saturated heterocycles. The van der Waals surface area contributed by atoms with Crippen molar-refractivity contribution >= 4 is 11.8 Å². The van der Waals surface area contributed by atoms with E-state index in [2.05, 4.69) is 6.92 Å². The Balaban J connectivity index is 2.73. The first-order valence-electron chi connectivity index (χ1n) is 7.06. The van der Waals surface area contributed by atoms with Crippen LogP contribution in [0.1, 0.15) is 59.3 Å². The van der Waals surface area contributed by atoms with Crippen molar-refractivity contribution in [1.82, 2.24) is 0 Å². The van der Waals surface area contributed by atoms with Gasteiger partial charge in [-0.05, 0) is 32.6 Å². The van der Waals surface area contributed by atoms with E-state index in [0.717, 1.165) is 32.1 Å². The molecule has 2 atom stereocenters. The van der Waals surface area contributed by atoms with Crippen LogP contribution in [0.15, 0.2) is 0 Å². The zero-order valence-corrected chi connectivity index (χ0v) is 12.1. The van der Waals surface area contributed by atoms with Gasteiger partial charge in [-0.25, -0.2) is 0 Å². The fraction of sp³-hybridized carbons (Fsp3) is 0.867. The van der Waals surface area contributed by atoms with Gasteiger partial charge < -0.3 is 4.74 Å². The number of hydrogen-bond acceptors (Lipinski definition) is 3. The number of carbonyl (C=O) groups is 2. The monoisotopic (exact) mass is 254 g/mol. The van der Waals surface area contributed by atoms with E-state index in [1.807, 2.05) is 13.8 Å². The molecule has 0 aliphatic heterocycles. The minimum absolute atomic E-state index is 0.0608. The van der Waals surface area contributed by atoms with Gasteiger partial charge >= 0.3 is 5.97 Å². The van der Waals surface area contributed by atoms with E-state index in [1.54, 1.807) is 0 Å². The molecule has 3 nitrogen and oxygen atoms in total. The highest BCUT2D eigenvalue weighted by molar-refractivity contribution is 5.85. The zero-order valence-electron chi connectivity index (χ0n) is 12.1. The van der Waals surface area contributed by atoms with Crippen molar-refractivity contribution in [3.8, 4) is 0 Å². The quantitative estimate of drug-likeness (QED) is 0.539. The number of Topliss-reactive ketones (excluding diaryl/α,β-unsaturated/α-hetero) is 1. The molecule has 0 bridgehead atoms. The molecule has 0 radical (unpaired) electrons. The van der Waals surface area contributed by atoms with Crippen molar-refractivity contribution in [2.24, 2.45) is 17.3 Å². The number of methoxy groups -OCH3 is 1. The SMILES string of the molecule is CCCCC[C@@H]1C(=O)CC[C@H]1C(C)(C)C(=O)OC. The fourth-order valence-electron chi connectivity index (χ4n) is 3.16. The summed E-state index contributed by atoms with van der Waals surface area (Å²) in [5.74, 6) is 0.357. The van der Waals surface area contributed by atoms with Gasteiger partial charge in [-0.2, -0.15) is 0 Å². The Morgan fingerprint density at radius 2 is 2.06 bits per heavy atom. The van der Waals surface area contributed by atoms with Gasteiger partial charge in [-0.15, -0.1) is 0 Å². The Hall–Kier alpha value is -0.860. The van der Waals surface area contributed by atoms with Gasteiger partial charge in [0.25, 0.3) is 0 Å². The number of hydrogen-bond donors (Lipinski definition) is 0. The predicted molar refractivity (Wildman–Crippen MR) is 71.2 cm³/mol. The minimum Gasteiger partial charge on any atom is -0.469 e. The molecule has 1 aliphatic carbocycles. The summed E-state index contributed by atoms with van der Waals surface area (Å²) in [7, 11) is 1.42. The first-order chi connectivity index (χ1) is 8.45. The zero-order chi connectivity index (χ0) is 13.8. The average molecular weight is 254 g/mol. The van der Waals surface area contributed by atoms with Gasteiger partial charge in [0, 0.05) is 12.3 Å². The highest BCUT2D eigenvalue weighted by atomic mass is 16.5. The molecule has 0 aromatic rings. The van der Waals surface area contributed by atoms with Gasteiger partial charge in [0.05, 0.1) is 12.5 Å². The topological polar surface area (TPSA) is 43.4 Å². The van der Waals surface area contributed by atoms with Crippen LogP contribution < -0.4 is 0 Å². The van der Waals surface area contributed by atoms with Crippen LogP contribution in [0.25, 0.3) is 0 Å². The van der Waals surface area contributed by atoms with Crippen molar-refractivity contribution in [1.29, 1.82) is 0 Å². The van der Waals surface area contributed by atoms with Crippen molar-refractivity contribution in [3.05, 3.63) is 0 Å². The molecule has 1 aliphatic rings. The van der Waals surface area contributed by atoms with E-state index in [4.69, 9.17) is 4.74 Å². The van der Waals surface area contributed by atoms with Crippen LogP contribution in [0.4, 0.5) is 0 Å². The molecule has 104 valence electrons. The molecular weight excluding hydrogens is 228 g/mol. The Morgan fingerprint density at radius 3 is 2.61 bits per heavy atom. The molecule has 0 amide bonds. The van der Waals surface area contributed by atoms with Crippen LogP contribution in [-0.2, 0) is 14.3 Å². The standard InChI is InChI=1S/C15H26O3/c1-5-6-7-8-11-12(9-10-13(11)16)15(2,3)14(17)18-4/h11-12H,5-10H2,1-4H3/t11-,12+/m0/s1. The van der Waals surface area contributed by atoms with E-state index in [9.17, 15) is 9.59 Å². The van der Waals surface area contributed by atoms with Crippen LogP contribution in [-0.4, -0.2) is 18.9 Å². The van der Waals surface area contributed by atoms with E-state index < -0.39 is 5.41 Å². The maximum Gasteiger partial charge on any atom is 0.311 e. The molecule has 0 unspecified atom stereocenters. The lowest BCUT2D eigenvalue weighted by Gasteiger charge is -2.32. The summed E-state index contributed by atoms with van der Waals surface area (Å²) in [4.78, 5) is 23.9. The predicted octanol–water partition coefficient (Wildman–Crippen LogP) is 3.36. The van der Waals surface area contributed by atoms with Crippen LogP contribution in [0.5, 0.6) is 0 Å². The third-order valence-electron chi connectivity index (χ3n) is 4.36. The fourth-order valence-corrected chi connectivity index (χ4v) is 3.16. The molecule has 1 rings (SSSR count). The molecule has 0 aromatic carbocycles. The van der Waals surface area contributed by atoms with Crippen LogP contribution in [0, 0.1) is 17.3 Å². The summed E-state index contributed by atoms with van der Waals surface area (Å²) in [6, 6.07) is 0. The summed E-state index contributed by atoms with van der Waals surface area (Å²) in [6.07, 6.45) is 5.79. The van der Waals surface area contributed by atoms with Crippen molar-refractivity contribution < 1.29 is 14.3 Å². The van der Waals surface area contributed by atoms with Crippen LogP contribution in [0.3, 0.4) is 0 Å². The van der Waals surface area contributed by atoms with Gasteiger partial charge in [0.15, 0.2) is 0 Å². The first kappa shape index (κ1) is 15.2. The summed E-state index contributed by atoms with van der Waals surface area (Å²) in [6.45, 7) is 5.98. The Bertz CT molecular complexity index is 307. The van der Waals surface area contributed by atoms with E-state index in [0.29, 0.717) is 12.2 Å². The lowest BCUT2D eigenvalue weighted by Crippen LogP contribution is -2.37. The van der Waals surface area contributed by atoms with Crippen molar-refractivity contribution in [3.63, 3.8) is 0 Å². The average Bonchev–Trinajstić information content (AvgIpc) is 2.71. The maximum absolute atomic E-state index is 12.0. The molecule has 3 heteroatoms. The molecule has 1 saturated carbocycles. The number of esters is 1. The van der Waals surface area contributed by atoms with Gasteiger partial charge in [-0.3, -0.25) is 9.59 Å². The molecule has 0 aromatic heterocycles. The van der Waals surface area contributed by atoms with E-state index in [1.165, 1.54) is 7.11 Å². The Morgan fingerprint density at radius 1 is 1.39 bits per heavy atom. The lowest BCUT2D eigenvalue weighted by atomic mass is 9.72. The van der Waals surface area contributed by atoms with Crippen LogP contribution in [0.2, 0.25) is 0 Å². The van der Waals surface area contributed by atoms with Gasteiger partial charge in [0.2, 0.25) is 0 Å². The summed E-state index contributed by atoms with van der Waals surface area (Å²) >= 11 is 0. The highest BCUT2D eigenvalue weighted by Gasteiger charge is 2.47. The smallest absolute Gasteiger partial charge is 0.311 e. The Kier molecular flexibility index (Phi) is 5.36. The molecule has 0 N–H and O–H groups in total. The van der Waals surface area contributed by atoms with Crippen molar-refractivity contribution in [2.75, 3.05) is 7.11 Å². The minimum atomic E-state index is -0.544. The molecular formula is C15H26O3. The molecule has 0 heterocycles. The maximum atomic E-state index is 12.0. The van der Waals surface area contributed by atoms with E-state index in [-0.39, 0.29) is 17.8 Å². The molecule has 18 heavy (non-hydrogen) atoms. The van der Waals surface area contributed by atoms with Crippen molar-refractivity contribution in [2.45, 2.75) is 59.3 Å². The van der Waals surface area contributed by atoms with Gasteiger partial charge in [0.1, 0.15) is 5.78 Å². The molecule has 0 spiro atoms. The second-order valence-corrected chi connectivity index (χ2v) is 5.93. The number of ether oxygens (including phenoxy) is 1. The second-order valence-electron chi connectivity index (χ2n) is 5.93. The lowest BCUT2D eigenvalue weighted by molar-refractivity contribution is -0.155. The third-order valence-corrected chi connectivity index (χ3v) is 4.36. The summed E-state index contributed by atoms with van der Waals surface area (Å²) < 4.78 is 4.89. The van der Waals surface area contributed by atoms with Crippen LogP contribution >= 0.6 is 0 Å². The second kappa shape index (κ2) is 6.35. The number of rotatable bonds is 6. The number of ketones is 1. The number of carbonyl (C=O) groups excluding carboxylic acids is 2. The number of unbranched alkanes of at least 4 members (excludes halogenated alkanes) is 2. The van der Waals surface area contributed by atoms with Gasteiger partial charge in [-0.1, -0.05) is 26.2 Å². The molecule has 1 fully saturated rings. The summed E-state index contributed by atoms with van der Waals surface area (Å²) in [5.41, 5.74) is -0.544.